The van der Waals surface area contributed by atoms with E-state index in [1.165, 1.54) is 148 Å². The van der Waals surface area contributed by atoms with Crippen LogP contribution in [0.5, 0.6) is 0 Å². The molecule has 0 fully saturated rings. The normalized spacial score (nSPS) is 13.9. The molecule has 0 bridgehead atoms. The van der Waals surface area contributed by atoms with Crippen LogP contribution in [-0.2, 0) is 32.7 Å². The van der Waals surface area contributed by atoms with E-state index < -0.39 is 51.8 Å². The number of aliphatic hydroxyl groups is 2. The van der Waals surface area contributed by atoms with Crippen LogP contribution < -0.4 is 0 Å². The highest BCUT2D eigenvalue weighted by Crippen LogP contribution is 2.43. The smallest absolute Gasteiger partial charge is 0.462 e. The largest absolute Gasteiger partial charge is 0.472 e. The lowest BCUT2D eigenvalue weighted by atomic mass is 10.0. The molecule has 0 aromatic carbocycles. The zero-order valence-electron chi connectivity index (χ0n) is 38.7. The lowest BCUT2D eigenvalue weighted by Crippen LogP contribution is -2.29. The van der Waals surface area contributed by atoms with Crippen LogP contribution in [0.3, 0.4) is 0 Å². The van der Waals surface area contributed by atoms with Gasteiger partial charge in [0.1, 0.15) is 12.7 Å². The fraction of sp³-hybridized carbons (Fsp3) is 0.878. The number of carbonyl (C=O) groups is 2. The van der Waals surface area contributed by atoms with Gasteiger partial charge < -0.3 is 24.6 Å². The van der Waals surface area contributed by atoms with Gasteiger partial charge in [-0.05, 0) is 44.9 Å². The number of unbranched alkanes of at least 4 members (excludes halogenated alkanes) is 29. The van der Waals surface area contributed by atoms with Crippen molar-refractivity contribution in [1.29, 1.82) is 0 Å². The van der Waals surface area contributed by atoms with Crippen LogP contribution in [0.1, 0.15) is 239 Å². The van der Waals surface area contributed by atoms with E-state index in [0.717, 1.165) is 51.4 Å². The Labute approximate surface area is 368 Å². The van der Waals surface area contributed by atoms with E-state index in [9.17, 15) is 24.2 Å². The molecule has 1 unspecified atom stereocenters. The number of ether oxygens (including phenoxy) is 2. The molecule has 0 aliphatic rings. The van der Waals surface area contributed by atoms with Gasteiger partial charge in [-0.15, -0.1) is 0 Å². The monoisotopic (exact) mass is 873 g/mol. The Hall–Kier alpha value is -1.55. The molecule has 3 atom stereocenters. The SMILES string of the molecule is CCCCC/C=C/C/C=C/CCCCCCCCCC(=O)OC[C@H](COP(=O)(O)OC[C@@H](O)CO)OC(=O)CCCCCCCCCCCCCCCCCCCCCC. The van der Waals surface area contributed by atoms with Gasteiger partial charge in [-0.25, -0.2) is 4.57 Å². The number of carbonyl (C=O) groups excluding carboxylic acids is 2. The Kier molecular flexibility index (Phi) is 44.3. The number of allylic oxidation sites excluding steroid dienone is 4. The molecule has 10 nitrogen and oxygen atoms in total. The summed E-state index contributed by atoms with van der Waals surface area (Å²) in [5.41, 5.74) is 0. The number of hydrogen-bond donors (Lipinski definition) is 3. The third-order valence-corrected chi connectivity index (χ3v) is 11.8. The van der Waals surface area contributed by atoms with Crippen LogP contribution >= 0.6 is 7.82 Å². The topological polar surface area (TPSA) is 149 Å². The first-order valence-electron chi connectivity index (χ1n) is 24.8. The summed E-state index contributed by atoms with van der Waals surface area (Å²) in [4.78, 5) is 35.1. The van der Waals surface area contributed by atoms with Crippen molar-refractivity contribution >= 4 is 19.8 Å². The summed E-state index contributed by atoms with van der Waals surface area (Å²) < 4.78 is 32.8. The minimum atomic E-state index is -4.62. The molecule has 0 saturated heterocycles. The standard InChI is InChI=1S/C49H93O10P/c1-3-5-7-9-11-13-15-17-19-21-22-23-25-27-29-31-33-35-37-39-41-49(53)59-47(45-58-60(54,55)57-43-46(51)42-50)44-56-48(52)40-38-36-34-32-30-28-26-24-20-18-16-14-12-10-8-6-4-2/h12,14,18,20,46-47,50-51H,3-11,13,15-17,19,21-45H2,1-2H3,(H,54,55)/b14-12+,20-18+/t46-,47+/m0/s1. The Balaban J connectivity index is 4.18. The summed E-state index contributed by atoms with van der Waals surface area (Å²) in [5, 5.41) is 18.4. The average Bonchev–Trinajstić information content (AvgIpc) is 3.24. The van der Waals surface area contributed by atoms with Crippen molar-refractivity contribution in [3.05, 3.63) is 24.3 Å². The van der Waals surface area contributed by atoms with Crippen molar-refractivity contribution in [2.45, 2.75) is 251 Å². The first kappa shape index (κ1) is 58.5. The molecular weight excluding hydrogens is 780 g/mol. The Bertz CT molecular complexity index is 1050. The van der Waals surface area contributed by atoms with Crippen LogP contribution in [-0.4, -0.2) is 65.7 Å². The lowest BCUT2D eigenvalue weighted by molar-refractivity contribution is -0.161. The zero-order valence-corrected chi connectivity index (χ0v) is 39.6. The third kappa shape index (κ3) is 44.5. The van der Waals surface area contributed by atoms with Gasteiger partial charge in [0.15, 0.2) is 6.10 Å². The molecule has 3 N–H and O–H groups in total. The van der Waals surface area contributed by atoms with E-state index >= 15 is 0 Å². The molecule has 0 amide bonds. The van der Waals surface area contributed by atoms with E-state index in [-0.39, 0.29) is 19.4 Å². The van der Waals surface area contributed by atoms with Gasteiger partial charge in [0.2, 0.25) is 0 Å². The fourth-order valence-corrected chi connectivity index (χ4v) is 7.82. The van der Waals surface area contributed by atoms with E-state index in [1.807, 2.05) is 0 Å². The zero-order chi connectivity index (χ0) is 44.0. The number of phosphoric ester groups is 1. The highest BCUT2D eigenvalue weighted by Gasteiger charge is 2.27. The number of hydrogen-bond acceptors (Lipinski definition) is 9. The van der Waals surface area contributed by atoms with Gasteiger partial charge in [-0.3, -0.25) is 18.6 Å². The van der Waals surface area contributed by atoms with Crippen LogP contribution in [0.2, 0.25) is 0 Å². The molecular formula is C49H93O10P. The maximum absolute atomic E-state index is 12.7. The second-order valence-electron chi connectivity index (χ2n) is 16.8. The van der Waals surface area contributed by atoms with Gasteiger partial charge in [-0.2, -0.15) is 0 Å². The Morgan fingerprint density at radius 3 is 1.32 bits per heavy atom. The molecule has 0 radical (unpaired) electrons. The van der Waals surface area contributed by atoms with Crippen molar-refractivity contribution < 1.29 is 47.8 Å². The van der Waals surface area contributed by atoms with Crippen LogP contribution in [0.25, 0.3) is 0 Å². The second kappa shape index (κ2) is 45.5. The molecule has 0 aromatic heterocycles. The van der Waals surface area contributed by atoms with E-state index in [0.29, 0.717) is 12.8 Å². The highest BCUT2D eigenvalue weighted by molar-refractivity contribution is 7.47. The maximum atomic E-state index is 12.7. The maximum Gasteiger partial charge on any atom is 0.472 e. The number of esters is 2. The molecule has 0 aliphatic carbocycles. The van der Waals surface area contributed by atoms with E-state index in [2.05, 4.69) is 38.2 Å². The van der Waals surface area contributed by atoms with Crippen LogP contribution in [0.15, 0.2) is 24.3 Å². The molecule has 0 spiro atoms. The van der Waals surface area contributed by atoms with Gasteiger partial charge >= 0.3 is 19.8 Å². The van der Waals surface area contributed by atoms with Crippen LogP contribution in [0, 0.1) is 0 Å². The highest BCUT2D eigenvalue weighted by atomic mass is 31.2. The first-order chi connectivity index (χ1) is 29.2. The van der Waals surface area contributed by atoms with Crippen LogP contribution in [0.4, 0.5) is 0 Å². The Morgan fingerprint density at radius 1 is 0.500 bits per heavy atom. The molecule has 0 saturated carbocycles. The van der Waals surface area contributed by atoms with Gasteiger partial charge in [0, 0.05) is 12.8 Å². The van der Waals surface area contributed by atoms with Crippen molar-refractivity contribution in [1.82, 2.24) is 0 Å². The predicted octanol–water partition coefficient (Wildman–Crippen LogP) is 13.7. The summed E-state index contributed by atoms with van der Waals surface area (Å²) in [6.07, 6.45) is 47.1. The van der Waals surface area contributed by atoms with Crippen molar-refractivity contribution in [2.24, 2.45) is 0 Å². The average molecular weight is 873 g/mol. The van der Waals surface area contributed by atoms with E-state index in [4.69, 9.17) is 23.6 Å². The number of aliphatic hydroxyl groups excluding tert-OH is 2. The predicted molar refractivity (Wildman–Crippen MR) is 247 cm³/mol. The fourth-order valence-electron chi connectivity index (χ4n) is 7.03. The summed E-state index contributed by atoms with van der Waals surface area (Å²) >= 11 is 0. The second-order valence-corrected chi connectivity index (χ2v) is 18.3. The number of phosphoric acid groups is 1. The van der Waals surface area contributed by atoms with Crippen molar-refractivity contribution in [3.63, 3.8) is 0 Å². The number of rotatable bonds is 47. The van der Waals surface area contributed by atoms with Gasteiger partial charge in [0.25, 0.3) is 0 Å². The van der Waals surface area contributed by atoms with E-state index in [1.54, 1.807) is 0 Å². The third-order valence-electron chi connectivity index (χ3n) is 10.9. The molecule has 60 heavy (non-hydrogen) atoms. The molecule has 0 heterocycles. The summed E-state index contributed by atoms with van der Waals surface area (Å²) in [6, 6.07) is 0. The minimum absolute atomic E-state index is 0.187. The molecule has 0 rings (SSSR count). The Morgan fingerprint density at radius 2 is 0.867 bits per heavy atom. The summed E-state index contributed by atoms with van der Waals surface area (Å²) in [7, 11) is -4.62. The first-order valence-corrected chi connectivity index (χ1v) is 26.3. The molecule has 0 aliphatic heterocycles. The molecule has 11 heteroatoms. The van der Waals surface area contributed by atoms with Gasteiger partial charge in [0.05, 0.1) is 19.8 Å². The molecule has 354 valence electrons. The van der Waals surface area contributed by atoms with Crippen molar-refractivity contribution in [2.75, 3.05) is 26.4 Å². The summed E-state index contributed by atoms with van der Waals surface area (Å²) in [6.45, 7) is 2.39. The lowest BCUT2D eigenvalue weighted by Gasteiger charge is -2.20. The van der Waals surface area contributed by atoms with Gasteiger partial charge in [-0.1, -0.05) is 205 Å². The quantitative estimate of drug-likeness (QED) is 0.0233. The minimum Gasteiger partial charge on any atom is -0.462 e. The summed E-state index contributed by atoms with van der Waals surface area (Å²) in [5.74, 6) is -0.921. The van der Waals surface area contributed by atoms with Crippen molar-refractivity contribution in [3.8, 4) is 0 Å². The molecule has 0 aromatic rings.